The quantitative estimate of drug-likeness (QED) is 0.417. The van der Waals surface area contributed by atoms with Crippen LogP contribution in [0.5, 0.6) is 11.5 Å². The molecule has 1 N–H and O–H groups in total. The van der Waals surface area contributed by atoms with Crippen LogP contribution < -0.4 is 14.8 Å². The molecule has 0 atom stereocenters. The van der Waals surface area contributed by atoms with E-state index in [0.29, 0.717) is 17.2 Å². The molecule has 5 nitrogen and oxygen atoms in total. The van der Waals surface area contributed by atoms with Crippen LogP contribution in [0.4, 0.5) is 8.78 Å². The third-order valence-corrected chi connectivity index (χ3v) is 4.11. The number of nitrogens with one attached hydrogen (secondary N) is 1. The molecular weight excluding hydrogens is 396 g/mol. The fourth-order valence-corrected chi connectivity index (χ4v) is 2.49. The van der Waals surface area contributed by atoms with E-state index in [1.54, 1.807) is 7.05 Å². The number of nitrogens with zero attached hydrogens (tertiary/aromatic N) is 2. The van der Waals surface area contributed by atoms with Crippen molar-refractivity contribution in [2.24, 2.45) is 5.10 Å². The van der Waals surface area contributed by atoms with Crippen molar-refractivity contribution in [3.05, 3.63) is 58.6 Å². The molecule has 0 aliphatic heterocycles. The minimum absolute atomic E-state index is 0.0106. The zero-order valence-corrected chi connectivity index (χ0v) is 16.2. The van der Waals surface area contributed by atoms with E-state index >= 15 is 0 Å². The summed E-state index contributed by atoms with van der Waals surface area (Å²) in [7, 11) is 3.02. The summed E-state index contributed by atoms with van der Waals surface area (Å²) in [6.07, 6.45) is 1.48. The van der Waals surface area contributed by atoms with Gasteiger partial charge >= 0.3 is 6.61 Å². The normalized spacial score (nSPS) is 10.9. The lowest BCUT2D eigenvalue weighted by Gasteiger charge is -2.16. The average molecular weight is 414 g/mol. The second-order valence-corrected chi connectivity index (χ2v) is 6.12. The fraction of sp³-hybridized carbons (Fsp3) is 0.222. The van der Waals surface area contributed by atoms with Gasteiger partial charge < -0.3 is 14.8 Å². The number of benzene rings is 2. The zero-order chi connectivity index (χ0) is 19.8. The van der Waals surface area contributed by atoms with Gasteiger partial charge in [0.15, 0.2) is 16.6 Å². The van der Waals surface area contributed by atoms with Gasteiger partial charge in [-0.3, -0.25) is 0 Å². The summed E-state index contributed by atoms with van der Waals surface area (Å²) in [6.45, 7) is -2.44. The Kier molecular flexibility index (Phi) is 7.75. The molecule has 0 spiro atoms. The monoisotopic (exact) mass is 413 g/mol. The number of hydrogen-bond donors (Lipinski definition) is 1. The Bertz CT molecular complexity index is 807. The first-order valence-corrected chi connectivity index (χ1v) is 8.61. The van der Waals surface area contributed by atoms with Crippen LogP contribution >= 0.6 is 23.8 Å². The van der Waals surface area contributed by atoms with Crippen LogP contribution in [-0.4, -0.2) is 37.1 Å². The molecule has 0 heterocycles. The van der Waals surface area contributed by atoms with Crippen LogP contribution in [0.3, 0.4) is 0 Å². The lowest BCUT2D eigenvalue weighted by Crippen LogP contribution is -2.33. The van der Waals surface area contributed by atoms with Gasteiger partial charge in [-0.15, -0.1) is 0 Å². The van der Waals surface area contributed by atoms with Crippen LogP contribution in [0.15, 0.2) is 47.6 Å². The molecule has 0 aliphatic carbocycles. The maximum Gasteiger partial charge on any atom is 0.387 e. The number of hydrogen-bond acceptors (Lipinski definition) is 4. The van der Waals surface area contributed by atoms with Gasteiger partial charge in [-0.25, -0.2) is 5.01 Å². The van der Waals surface area contributed by atoms with Crippen LogP contribution in [-0.2, 0) is 6.54 Å². The Morgan fingerprint density at radius 1 is 1.33 bits per heavy atom. The van der Waals surface area contributed by atoms with Crippen molar-refractivity contribution in [1.82, 2.24) is 10.3 Å². The van der Waals surface area contributed by atoms with Crippen molar-refractivity contribution >= 4 is 35.1 Å². The summed E-state index contributed by atoms with van der Waals surface area (Å²) in [4.78, 5) is 0. The Morgan fingerprint density at radius 2 is 2.04 bits per heavy atom. The minimum atomic E-state index is -3.00. The number of ether oxygens (including phenoxy) is 2. The van der Waals surface area contributed by atoms with Gasteiger partial charge in [0.2, 0.25) is 0 Å². The summed E-state index contributed by atoms with van der Waals surface area (Å²) in [5.41, 5.74) is 1.62. The molecule has 144 valence electrons. The largest absolute Gasteiger partial charge is 0.493 e. The molecule has 0 saturated heterocycles. The predicted molar refractivity (Wildman–Crippen MR) is 106 cm³/mol. The van der Waals surface area contributed by atoms with E-state index in [4.69, 9.17) is 28.6 Å². The van der Waals surface area contributed by atoms with Crippen LogP contribution in [0.2, 0.25) is 5.02 Å². The van der Waals surface area contributed by atoms with Crippen molar-refractivity contribution in [3.63, 3.8) is 0 Å². The molecule has 2 aromatic rings. The lowest BCUT2D eigenvalue weighted by atomic mass is 10.2. The lowest BCUT2D eigenvalue weighted by molar-refractivity contribution is -0.0511. The van der Waals surface area contributed by atoms with Crippen LogP contribution in [0, 0.1) is 0 Å². The van der Waals surface area contributed by atoms with Gasteiger partial charge in [0.25, 0.3) is 0 Å². The SMILES string of the molecule is COc1cc(/C=N\N(C)C(=S)NCc2ccccc2)cc(Cl)c1OC(F)F. The molecule has 0 amide bonds. The van der Waals surface area contributed by atoms with Gasteiger partial charge in [-0.05, 0) is 35.5 Å². The number of alkyl halides is 2. The Balaban J connectivity index is 2.03. The average Bonchev–Trinajstić information content (AvgIpc) is 2.66. The van der Waals surface area contributed by atoms with Crippen molar-refractivity contribution in [3.8, 4) is 11.5 Å². The Labute approximate surface area is 166 Å². The first-order valence-electron chi connectivity index (χ1n) is 7.82. The number of methoxy groups -OCH3 is 1. The van der Waals surface area contributed by atoms with E-state index in [1.165, 1.54) is 30.5 Å². The third-order valence-electron chi connectivity index (χ3n) is 3.42. The summed E-state index contributed by atoms with van der Waals surface area (Å²) in [5, 5.41) is 9.19. The topological polar surface area (TPSA) is 46.1 Å². The highest BCUT2D eigenvalue weighted by Crippen LogP contribution is 2.37. The van der Waals surface area contributed by atoms with Gasteiger partial charge in [-0.1, -0.05) is 41.9 Å². The van der Waals surface area contributed by atoms with E-state index in [9.17, 15) is 8.78 Å². The second kappa shape index (κ2) is 10.0. The standard InChI is InChI=1S/C18H18ClF2N3O2S/c1-24(18(27)22-10-12-6-4-3-5-7-12)23-11-13-8-14(19)16(26-17(20)21)15(9-13)25-2/h3-9,11,17H,10H2,1-2H3,(H,22,27)/b23-11-. The molecular formula is C18H18ClF2N3O2S. The molecule has 0 saturated carbocycles. The van der Waals surface area contributed by atoms with Crippen molar-refractivity contribution in [2.75, 3.05) is 14.2 Å². The highest BCUT2D eigenvalue weighted by molar-refractivity contribution is 7.80. The first kappa shape index (κ1) is 20.9. The Hall–Kier alpha value is -2.45. The van der Waals surface area contributed by atoms with Crippen LogP contribution in [0.1, 0.15) is 11.1 Å². The van der Waals surface area contributed by atoms with Crippen molar-refractivity contribution < 1.29 is 18.3 Å². The third kappa shape index (κ3) is 6.33. The number of thiocarbonyl (C=S) groups is 1. The van der Waals surface area contributed by atoms with Crippen molar-refractivity contribution in [2.45, 2.75) is 13.2 Å². The molecule has 0 bridgehead atoms. The number of hydrazone groups is 1. The molecule has 0 radical (unpaired) electrons. The van der Waals surface area contributed by atoms with Crippen molar-refractivity contribution in [1.29, 1.82) is 0 Å². The van der Waals surface area contributed by atoms with Gasteiger partial charge in [0.05, 0.1) is 18.3 Å². The van der Waals surface area contributed by atoms with E-state index in [2.05, 4.69) is 15.2 Å². The molecule has 27 heavy (non-hydrogen) atoms. The molecule has 0 aromatic heterocycles. The molecule has 0 unspecified atom stereocenters. The van der Waals surface area contributed by atoms with Gasteiger partial charge in [0.1, 0.15) is 0 Å². The number of rotatable bonds is 7. The first-order chi connectivity index (χ1) is 12.9. The second-order valence-electron chi connectivity index (χ2n) is 5.33. The maximum atomic E-state index is 12.5. The van der Waals surface area contributed by atoms with Crippen LogP contribution in [0.25, 0.3) is 0 Å². The highest BCUT2D eigenvalue weighted by Gasteiger charge is 2.16. The summed E-state index contributed by atoms with van der Waals surface area (Å²) in [5.74, 6) is -0.142. The minimum Gasteiger partial charge on any atom is -0.493 e. The molecule has 0 aliphatic rings. The van der Waals surface area contributed by atoms with E-state index in [0.717, 1.165) is 5.56 Å². The zero-order valence-electron chi connectivity index (χ0n) is 14.7. The smallest absolute Gasteiger partial charge is 0.387 e. The molecule has 2 rings (SSSR count). The Morgan fingerprint density at radius 3 is 2.67 bits per heavy atom. The van der Waals surface area contributed by atoms with E-state index < -0.39 is 6.61 Å². The molecule has 0 fully saturated rings. The maximum absolute atomic E-state index is 12.5. The van der Waals surface area contributed by atoms with E-state index in [1.807, 2.05) is 30.3 Å². The van der Waals surface area contributed by atoms with Gasteiger partial charge in [0, 0.05) is 13.6 Å². The van der Waals surface area contributed by atoms with E-state index in [-0.39, 0.29) is 16.5 Å². The predicted octanol–water partition coefficient (Wildman–Crippen LogP) is 4.29. The molecule has 9 heteroatoms. The number of halogens is 3. The van der Waals surface area contributed by atoms with Gasteiger partial charge in [-0.2, -0.15) is 13.9 Å². The highest BCUT2D eigenvalue weighted by atomic mass is 35.5. The fourth-order valence-electron chi connectivity index (χ4n) is 2.11. The molecule has 2 aromatic carbocycles. The summed E-state index contributed by atoms with van der Waals surface area (Å²) < 4.78 is 34.4. The summed E-state index contributed by atoms with van der Waals surface area (Å²) in [6, 6.07) is 12.7. The summed E-state index contributed by atoms with van der Waals surface area (Å²) >= 11 is 11.3.